The predicted molar refractivity (Wildman–Crippen MR) is 101 cm³/mol. The zero-order chi connectivity index (χ0) is 19.4. The molecule has 3 heterocycles. The summed E-state index contributed by atoms with van der Waals surface area (Å²) in [5.74, 6) is 0.367. The van der Waals surface area contributed by atoms with Gasteiger partial charge in [0, 0.05) is 25.3 Å². The first kappa shape index (κ1) is 18.4. The second kappa shape index (κ2) is 6.71. The lowest BCUT2D eigenvalue weighted by Gasteiger charge is -2.35. The van der Waals surface area contributed by atoms with Crippen molar-refractivity contribution in [3.8, 4) is 0 Å². The quantitative estimate of drug-likeness (QED) is 0.800. The molecule has 5 rings (SSSR count). The molecule has 8 nitrogen and oxygen atoms in total. The minimum absolute atomic E-state index is 0.0469. The van der Waals surface area contributed by atoms with Crippen LogP contribution < -0.4 is 10.6 Å². The molecule has 154 valence electrons. The van der Waals surface area contributed by atoms with Crippen LogP contribution in [0, 0.1) is 5.92 Å². The van der Waals surface area contributed by atoms with Crippen LogP contribution in [0.5, 0.6) is 0 Å². The van der Waals surface area contributed by atoms with Gasteiger partial charge in [-0.2, -0.15) is 5.10 Å². The molecule has 2 saturated carbocycles. The summed E-state index contributed by atoms with van der Waals surface area (Å²) in [5, 5.41) is 10.6. The van der Waals surface area contributed by atoms with Gasteiger partial charge < -0.3 is 24.8 Å². The molecule has 2 saturated heterocycles. The van der Waals surface area contributed by atoms with Gasteiger partial charge in [-0.3, -0.25) is 4.68 Å². The minimum Gasteiger partial charge on any atom is -0.381 e. The molecule has 2 aliphatic heterocycles. The third kappa shape index (κ3) is 3.21. The highest BCUT2D eigenvalue weighted by Crippen LogP contribution is 2.55. The molecular weight excluding hydrogens is 360 g/mol. The number of hydrogen-bond acceptors (Lipinski definition) is 5. The van der Waals surface area contributed by atoms with Gasteiger partial charge in [0.2, 0.25) is 0 Å². The predicted octanol–water partition coefficient (Wildman–Crippen LogP) is 1.76. The summed E-state index contributed by atoms with van der Waals surface area (Å²) in [5.41, 5.74) is 0.921. The molecule has 2 aliphatic carbocycles. The van der Waals surface area contributed by atoms with Crippen LogP contribution in [0.15, 0.2) is 12.4 Å². The van der Waals surface area contributed by atoms with Crippen molar-refractivity contribution in [2.24, 2.45) is 5.92 Å². The van der Waals surface area contributed by atoms with Crippen molar-refractivity contribution in [2.45, 2.75) is 75.5 Å². The summed E-state index contributed by atoms with van der Waals surface area (Å²) in [6.45, 7) is 6.69. The molecule has 0 aromatic carbocycles. The molecule has 1 aromatic heterocycles. The summed E-state index contributed by atoms with van der Waals surface area (Å²) in [6, 6.07) is -0.133. The molecule has 2 N–H and O–H groups in total. The average Bonchev–Trinajstić information content (AvgIpc) is 3.41. The molecule has 4 aliphatic rings. The van der Waals surface area contributed by atoms with Gasteiger partial charge in [-0.05, 0) is 51.0 Å². The van der Waals surface area contributed by atoms with Gasteiger partial charge in [0.25, 0.3) is 0 Å². The molecule has 8 heteroatoms. The summed E-state index contributed by atoms with van der Waals surface area (Å²) in [6.07, 6.45) is 8.07. The Bertz CT molecular complexity index is 744. The third-order valence-electron chi connectivity index (χ3n) is 6.77. The van der Waals surface area contributed by atoms with Crippen molar-refractivity contribution >= 4 is 6.03 Å². The maximum Gasteiger partial charge on any atom is 0.315 e. The SMILES string of the molecule is CC1(C)O[C@@H]2[C@H]3CC[C@](NC(=O)NCCn4cc(C5CCOC5)cn4)(C3)[C@@H]2O1. The van der Waals surface area contributed by atoms with E-state index in [9.17, 15) is 4.79 Å². The van der Waals surface area contributed by atoms with E-state index in [0.29, 0.717) is 24.9 Å². The van der Waals surface area contributed by atoms with E-state index < -0.39 is 5.79 Å². The van der Waals surface area contributed by atoms with Crippen LogP contribution in [0.3, 0.4) is 0 Å². The Morgan fingerprint density at radius 1 is 1.36 bits per heavy atom. The lowest BCUT2D eigenvalue weighted by Crippen LogP contribution is -2.58. The number of rotatable bonds is 5. The highest BCUT2D eigenvalue weighted by molar-refractivity contribution is 5.75. The van der Waals surface area contributed by atoms with Crippen molar-refractivity contribution in [1.29, 1.82) is 0 Å². The van der Waals surface area contributed by atoms with Gasteiger partial charge in [-0.1, -0.05) is 0 Å². The number of amides is 2. The summed E-state index contributed by atoms with van der Waals surface area (Å²) < 4.78 is 19.6. The monoisotopic (exact) mass is 390 g/mol. The lowest BCUT2D eigenvalue weighted by atomic mass is 9.89. The number of urea groups is 1. The van der Waals surface area contributed by atoms with Gasteiger partial charge in [0.1, 0.15) is 6.10 Å². The van der Waals surface area contributed by atoms with E-state index in [1.165, 1.54) is 5.56 Å². The minimum atomic E-state index is -0.566. The number of fused-ring (bicyclic) bond motifs is 5. The zero-order valence-corrected chi connectivity index (χ0v) is 16.6. The fourth-order valence-corrected chi connectivity index (χ4v) is 5.46. The first-order valence-corrected chi connectivity index (χ1v) is 10.5. The van der Waals surface area contributed by atoms with E-state index >= 15 is 0 Å². The zero-order valence-electron chi connectivity index (χ0n) is 16.6. The van der Waals surface area contributed by atoms with Crippen LogP contribution in [0.2, 0.25) is 0 Å². The molecule has 28 heavy (non-hydrogen) atoms. The fraction of sp³-hybridized carbons (Fsp3) is 0.800. The molecule has 2 amide bonds. The number of aromatic nitrogens is 2. The highest BCUT2D eigenvalue weighted by Gasteiger charge is 2.65. The molecule has 0 radical (unpaired) electrons. The Morgan fingerprint density at radius 2 is 2.25 bits per heavy atom. The maximum absolute atomic E-state index is 12.6. The highest BCUT2D eigenvalue weighted by atomic mass is 16.8. The van der Waals surface area contributed by atoms with Crippen LogP contribution in [0.25, 0.3) is 0 Å². The molecule has 5 atom stereocenters. The Hall–Kier alpha value is -1.64. The number of nitrogens with one attached hydrogen (secondary N) is 2. The number of carbonyl (C=O) groups excluding carboxylic acids is 1. The second-order valence-corrected chi connectivity index (χ2v) is 9.16. The molecule has 1 aromatic rings. The van der Waals surface area contributed by atoms with Crippen molar-refractivity contribution in [2.75, 3.05) is 19.8 Å². The Labute approximate surface area is 165 Å². The van der Waals surface area contributed by atoms with E-state index in [2.05, 4.69) is 21.9 Å². The standard InChI is InChI=1S/C20H30N4O4/c1-19(2)27-16-13-3-5-20(9-13,17(16)28-19)23-18(25)21-6-7-24-11-15(10-22-24)14-4-8-26-12-14/h10-11,13-14,16-17H,3-9,12H2,1-2H3,(H2,21,23,25)/t13-,14?,16+,17+,20-/m0/s1. The van der Waals surface area contributed by atoms with Crippen LogP contribution >= 0.6 is 0 Å². The van der Waals surface area contributed by atoms with Crippen molar-refractivity contribution in [3.05, 3.63) is 18.0 Å². The summed E-state index contributed by atoms with van der Waals surface area (Å²) in [7, 11) is 0. The van der Waals surface area contributed by atoms with Gasteiger partial charge in [-0.15, -0.1) is 0 Å². The van der Waals surface area contributed by atoms with Gasteiger partial charge in [0.05, 0.1) is 31.0 Å². The average molecular weight is 390 g/mol. The molecular formula is C20H30N4O4. The summed E-state index contributed by atoms with van der Waals surface area (Å²) >= 11 is 0. The van der Waals surface area contributed by atoms with Gasteiger partial charge in [0.15, 0.2) is 5.79 Å². The van der Waals surface area contributed by atoms with E-state index in [1.807, 2.05) is 24.7 Å². The Kier molecular flexibility index (Phi) is 4.41. The Balaban J connectivity index is 1.13. The largest absolute Gasteiger partial charge is 0.381 e. The third-order valence-corrected chi connectivity index (χ3v) is 6.77. The van der Waals surface area contributed by atoms with E-state index in [4.69, 9.17) is 14.2 Å². The van der Waals surface area contributed by atoms with Gasteiger partial charge >= 0.3 is 6.03 Å². The number of nitrogens with zero attached hydrogens (tertiary/aromatic N) is 2. The topological polar surface area (TPSA) is 86.6 Å². The van der Waals surface area contributed by atoms with Crippen molar-refractivity contribution in [1.82, 2.24) is 20.4 Å². The fourth-order valence-electron chi connectivity index (χ4n) is 5.46. The van der Waals surface area contributed by atoms with Crippen LogP contribution in [-0.2, 0) is 20.8 Å². The van der Waals surface area contributed by atoms with Gasteiger partial charge in [-0.25, -0.2) is 4.79 Å². The molecule has 0 spiro atoms. The summed E-state index contributed by atoms with van der Waals surface area (Å²) in [4.78, 5) is 12.6. The van der Waals surface area contributed by atoms with Crippen LogP contribution in [0.4, 0.5) is 4.79 Å². The van der Waals surface area contributed by atoms with Crippen molar-refractivity contribution < 1.29 is 19.0 Å². The van der Waals surface area contributed by atoms with E-state index in [1.54, 1.807) is 0 Å². The second-order valence-electron chi connectivity index (χ2n) is 9.16. The first-order valence-electron chi connectivity index (χ1n) is 10.5. The normalized spacial score (nSPS) is 37.9. The van der Waals surface area contributed by atoms with Crippen molar-refractivity contribution in [3.63, 3.8) is 0 Å². The maximum atomic E-state index is 12.6. The van der Waals surface area contributed by atoms with Crippen LogP contribution in [-0.4, -0.2) is 59.1 Å². The Morgan fingerprint density at radius 3 is 3.07 bits per heavy atom. The van der Waals surface area contributed by atoms with E-state index in [0.717, 1.165) is 38.9 Å². The van der Waals surface area contributed by atoms with E-state index in [-0.39, 0.29) is 23.8 Å². The number of hydrogen-bond donors (Lipinski definition) is 2. The first-order chi connectivity index (χ1) is 13.4. The molecule has 4 fully saturated rings. The lowest BCUT2D eigenvalue weighted by molar-refractivity contribution is -0.159. The number of carbonyl (C=O) groups is 1. The smallest absolute Gasteiger partial charge is 0.315 e. The molecule has 2 bridgehead atoms. The molecule has 1 unspecified atom stereocenters. The van der Waals surface area contributed by atoms with Crippen LogP contribution in [0.1, 0.15) is 51.0 Å². The number of ether oxygens (including phenoxy) is 3.